The Kier molecular flexibility index (Phi) is 41.7. The molecule has 0 aliphatic carbocycles. The second-order valence-corrected chi connectivity index (χ2v) is 28.4. The summed E-state index contributed by atoms with van der Waals surface area (Å²) in [5, 5.41) is 28.1. The van der Waals surface area contributed by atoms with Crippen LogP contribution in [-0.2, 0) is 97.3 Å². The number of nitrogens with zero attached hydrogens (tertiary/aromatic N) is 4. The number of ether oxygens (including phenoxy) is 8. The Balaban J connectivity index is 1.25. The van der Waals surface area contributed by atoms with E-state index >= 15 is 0 Å². The van der Waals surface area contributed by atoms with Gasteiger partial charge in [-0.15, -0.1) is 5.06 Å². The molecule has 12 atom stereocenters. The number of urea groups is 1. The van der Waals surface area contributed by atoms with Crippen molar-refractivity contribution in [1.29, 1.82) is 0 Å². The van der Waals surface area contributed by atoms with Crippen LogP contribution in [0.25, 0.3) is 0 Å². The maximum Gasteiger partial charge on any atom is 0.410 e. The molecular formula is C76H121N11O22. The van der Waals surface area contributed by atoms with Gasteiger partial charge in [0.2, 0.25) is 41.4 Å². The SMILES string of the molecule is CC[C@H](C)[C@@H]([C@@H](CC(=O)N1CCC[C@H]1[C@H](OC)[C@@H](C)C(=O)N[C@H](C)[C@@H](O)c1ccccc1)OC)N(C)C(=O)[C@@H](NC(=O)[C@H](C(C)C)N(C)C(=O)OCc1ccc(NC(=O)[C@H](CCCNC(N)=O)NC(=O)[C@@H](NC(=O)CCOCCOCCOCCOCCOCCC(=O)ON2C(=O)CCC2=O)C(C)C)cc1)C(C)C. The van der Waals surface area contributed by atoms with Crippen LogP contribution in [0.2, 0.25) is 0 Å². The smallest absolute Gasteiger partial charge is 0.410 e. The number of imide groups is 1. The minimum atomic E-state index is -1.14. The number of hydrogen-bond donors (Lipinski definition) is 8. The summed E-state index contributed by atoms with van der Waals surface area (Å²) in [6.45, 7) is 20.3. The van der Waals surface area contributed by atoms with Gasteiger partial charge in [-0.3, -0.25) is 48.1 Å². The molecule has 109 heavy (non-hydrogen) atoms. The van der Waals surface area contributed by atoms with Crippen molar-refractivity contribution in [2.75, 3.05) is 113 Å². The molecule has 33 heteroatoms. The molecule has 0 spiro atoms. The van der Waals surface area contributed by atoms with E-state index < -0.39 is 144 Å². The van der Waals surface area contributed by atoms with Crippen molar-refractivity contribution < 1.29 is 105 Å². The number of nitrogens with one attached hydrogen (secondary N) is 6. The van der Waals surface area contributed by atoms with Crippen LogP contribution in [-0.4, -0.2) is 258 Å². The van der Waals surface area contributed by atoms with Crippen molar-refractivity contribution >= 4 is 76.9 Å². The predicted octanol–water partition coefficient (Wildman–Crippen LogP) is 4.06. The van der Waals surface area contributed by atoms with Gasteiger partial charge in [-0.25, -0.2) is 14.4 Å². The number of carbonyl (C=O) groups excluding carboxylic acids is 12. The molecule has 2 aliphatic heterocycles. The van der Waals surface area contributed by atoms with Gasteiger partial charge in [-0.1, -0.05) is 111 Å². The standard InChI is InChI=1S/C76H121N11O22/c1-15-50(8)67(58(101-13)45-62(91)86-34-20-24-57(86)69(102-14)51(9)70(94)79-52(10)68(93)54-21-17-16-18-22-54)84(11)74(98)65(48(4)5)83-73(97)66(49(6)7)85(12)76(100)108-46-53-25-27-55(28-26-53)80-71(95)56(23-19-33-78-75(77)99)81-72(96)64(47(2)3)82-59(88)31-35-103-37-39-105-41-43-107-44-42-106-40-38-104-36-32-63(92)109-87-60(89)29-30-61(87)90/h16-18,21-22,25-28,47-52,56-58,64-69,93H,15,19-20,23-24,29-46H2,1-14H3,(H,79,94)(H,80,95)(H,81,96)(H,82,88)(H,83,97)(H3,77,78,99)/t50-,51+,52+,56-,57-,58+,64-,65-,66-,67-,68+,69+/m0/s1. The fraction of sp³-hybridized carbons (Fsp3) is 0.684. The summed E-state index contributed by atoms with van der Waals surface area (Å²) >= 11 is 0. The number of amides is 12. The third-order valence-electron chi connectivity index (χ3n) is 19.1. The highest BCUT2D eigenvalue weighted by molar-refractivity contribution is 6.02. The maximum atomic E-state index is 14.8. The van der Waals surface area contributed by atoms with E-state index in [-0.39, 0.29) is 135 Å². The van der Waals surface area contributed by atoms with Gasteiger partial charge >= 0.3 is 18.1 Å². The summed E-state index contributed by atoms with van der Waals surface area (Å²) in [4.78, 5) is 168. The van der Waals surface area contributed by atoms with Crippen LogP contribution < -0.4 is 37.6 Å². The molecule has 12 amide bonds. The molecule has 9 N–H and O–H groups in total. The number of likely N-dealkylation sites (N-methyl/N-ethyl adjacent to an activating group) is 2. The van der Waals surface area contributed by atoms with E-state index in [0.29, 0.717) is 54.3 Å². The molecule has 2 heterocycles. The first kappa shape index (κ1) is 92.9. The molecule has 612 valence electrons. The van der Waals surface area contributed by atoms with Crippen LogP contribution in [0.1, 0.15) is 151 Å². The first-order valence-electron chi connectivity index (χ1n) is 37.7. The lowest BCUT2D eigenvalue weighted by molar-refractivity contribution is -0.198. The zero-order valence-corrected chi connectivity index (χ0v) is 66.0. The highest BCUT2D eigenvalue weighted by Gasteiger charge is 2.44. The second kappa shape index (κ2) is 49.0. The van der Waals surface area contributed by atoms with Crippen LogP contribution in [0.15, 0.2) is 54.6 Å². The summed E-state index contributed by atoms with van der Waals surface area (Å²) in [5.41, 5.74) is 6.77. The van der Waals surface area contributed by atoms with Crippen molar-refractivity contribution in [3.63, 3.8) is 0 Å². The summed E-state index contributed by atoms with van der Waals surface area (Å²) < 4.78 is 45.1. The fourth-order valence-corrected chi connectivity index (χ4v) is 12.8. The van der Waals surface area contributed by atoms with E-state index in [4.69, 9.17) is 48.5 Å². The second-order valence-electron chi connectivity index (χ2n) is 28.4. The maximum absolute atomic E-state index is 14.8. The Morgan fingerprint density at radius 1 is 0.642 bits per heavy atom. The Labute approximate surface area is 640 Å². The quantitative estimate of drug-likeness (QED) is 0.0342. The number of methoxy groups -OCH3 is 2. The van der Waals surface area contributed by atoms with Crippen molar-refractivity contribution in [3.05, 3.63) is 65.7 Å². The van der Waals surface area contributed by atoms with Crippen LogP contribution in [0.4, 0.5) is 15.3 Å². The van der Waals surface area contributed by atoms with Gasteiger partial charge in [0, 0.05) is 66.4 Å². The summed E-state index contributed by atoms with van der Waals surface area (Å²) in [5.74, 6) is -7.33. The van der Waals surface area contributed by atoms with Crippen LogP contribution in [0.3, 0.4) is 0 Å². The lowest BCUT2D eigenvalue weighted by Crippen LogP contribution is -2.60. The molecule has 2 fully saturated rings. The number of aliphatic hydroxyl groups excluding tert-OH is 1. The summed E-state index contributed by atoms with van der Waals surface area (Å²) in [7, 11) is 6.07. The zero-order valence-electron chi connectivity index (χ0n) is 66.0. The van der Waals surface area contributed by atoms with Gasteiger partial charge in [0.15, 0.2) is 0 Å². The molecular weight excluding hydrogens is 1420 g/mol. The number of rotatable bonds is 51. The highest BCUT2D eigenvalue weighted by atomic mass is 16.7. The van der Waals surface area contributed by atoms with Gasteiger partial charge in [0.05, 0.1) is 121 Å². The molecule has 2 aromatic rings. The first-order chi connectivity index (χ1) is 51.9. The van der Waals surface area contributed by atoms with Gasteiger partial charge in [-0.2, -0.15) is 0 Å². The normalized spacial score (nSPS) is 16.7. The number of nitrogens with two attached hydrogens (primary N) is 1. The molecule has 2 aromatic carbocycles. The zero-order chi connectivity index (χ0) is 80.9. The number of hydroxylamine groups is 2. The van der Waals surface area contributed by atoms with Gasteiger partial charge in [0.1, 0.15) is 30.8 Å². The van der Waals surface area contributed by atoms with Crippen molar-refractivity contribution in [1.82, 2.24) is 46.3 Å². The molecule has 33 nitrogen and oxygen atoms in total. The van der Waals surface area contributed by atoms with Gasteiger partial charge in [-0.05, 0) is 79.5 Å². The van der Waals surface area contributed by atoms with Gasteiger partial charge in [0.25, 0.3) is 11.8 Å². The van der Waals surface area contributed by atoms with Crippen LogP contribution in [0, 0.1) is 29.6 Å². The minimum absolute atomic E-state index is 0.0124. The topological polar surface area (TPSA) is 419 Å². The molecule has 0 aromatic heterocycles. The number of primary amides is 1. The molecule has 2 saturated heterocycles. The summed E-state index contributed by atoms with van der Waals surface area (Å²) in [6.07, 6.45) is -1.35. The van der Waals surface area contributed by atoms with Crippen molar-refractivity contribution in [2.24, 2.45) is 35.3 Å². The van der Waals surface area contributed by atoms with Gasteiger partial charge < -0.3 is 95.3 Å². The van der Waals surface area contributed by atoms with E-state index in [1.165, 1.54) is 26.2 Å². The monoisotopic (exact) mass is 1540 g/mol. The Bertz CT molecular complexity index is 3190. The molecule has 2 aliphatic rings. The molecule has 0 bridgehead atoms. The number of anilines is 1. The number of carbonyl (C=O) groups is 12. The van der Waals surface area contributed by atoms with E-state index in [9.17, 15) is 62.6 Å². The number of benzene rings is 2. The van der Waals surface area contributed by atoms with Crippen LogP contribution in [0.5, 0.6) is 0 Å². The first-order valence-corrected chi connectivity index (χ1v) is 37.7. The van der Waals surface area contributed by atoms with Crippen molar-refractivity contribution in [3.8, 4) is 0 Å². The lowest BCUT2D eigenvalue weighted by atomic mass is 9.89. The minimum Gasteiger partial charge on any atom is -0.445 e. The molecule has 0 unspecified atom stereocenters. The fourth-order valence-electron chi connectivity index (χ4n) is 12.8. The Morgan fingerprint density at radius 3 is 1.74 bits per heavy atom. The van der Waals surface area contributed by atoms with E-state index in [1.807, 2.05) is 32.0 Å². The highest BCUT2D eigenvalue weighted by Crippen LogP contribution is 2.31. The lowest BCUT2D eigenvalue weighted by Gasteiger charge is -2.41. The third-order valence-corrected chi connectivity index (χ3v) is 19.1. The third kappa shape index (κ3) is 31.1. The Hall–Kier alpha value is -8.44. The largest absolute Gasteiger partial charge is 0.445 e. The average molecular weight is 1540 g/mol. The van der Waals surface area contributed by atoms with Crippen LogP contribution >= 0.6 is 0 Å². The number of aliphatic hydroxyl groups is 1. The van der Waals surface area contributed by atoms with Crippen molar-refractivity contribution in [2.45, 2.75) is 201 Å². The summed E-state index contributed by atoms with van der Waals surface area (Å²) in [6, 6.07) is 8.59. The molecule has 0 radical (unpaired) electrons. The number of likely N-dealkylation sites (tertiary alicyclic amines) is 1. The predicted molar refractivity (Wildman–Crippen MR) is 400 cm³/mol. The number of hydrogen-bond acceptors (Lipinski definition) is 22. The molecule has 4 rings (SSSR count). The average Bonchev–Trinajstić information content (AvgIpc) is 1.78. The molecule has 0 saturated carbocycles. The Morgan fingerprint density at radius 2 is 1.21 bits per heavy atom. The van der Waals surface area contributed by atoms with E-state index in [0.717, 1.165) is 0 Å². The van der Waals surface area contributed by atoms with E-state index in [1.54, 1.807) is 109 Å². The van der Waals surface area contributed by atoms with E-state index in [2.05, 4.69) is 31.9 Å².